The number of anilines is 1. The summed E-state index contributed by atoms with van der Waals surface area (Å²) in [7, 11) is 1.52. The van der Waals surface area contributed by atoms with Gasteiger partial charge in [-0.2, -0.15) is 5.10 Å². The molecule has 80 valence electrons. The third-order valence-electron chi connectivity index (χ3n) is 1.80. The van der Waals surface area contributed by atoms with Crippen LogP contribution in [0.3, 0.4) is 0 Å². The molecule has 1 aliphatic rings. The fraction of sp³-hybridized carbons (Fsp3) is 0. The number of hydrazone groups is 1. The van der Waals surface area contributed by atoms with Crippen LogP contribution in [0.25, 0.3) is 0 Å². The van der Waals surface area contributed by atoms with Gasteiger partial charge < -0.3 is 0 Å². The Morgan fingerprint density at radius 3 is 2.40 bits per heavy atom. The molecule has 0 spiro atoms. The van der Waals surface area contributed by atoms with E-state index in [0.717, 1.165) is 5.69 Å². The number of hydrogen-bond donors (Lipinski definition) is 2. The van der Waals surface area contributed by atoms with E-state index in [4.69, 9.17) is 10.7 Å². The summed E-state index contributed by atoms with van der Waals surface area (Å²) in [5.74, 6) is 0. The summed E-state index contributed by atoms with van der Waals surface area (Å²) in [6, 6.07) is 6.07. The lowest BCUT2D eigenvalue weighted by Crippen LogP contribution is -2.37. The fourth-order valence-electron chi connectivity index (χ4n) is 1.10. The number of hydrogen-bond acceptors (Lipinski definition) is 6. The van der Waals surface area contributed by atoms with Crippen LogP contribution >= 0.6 is 10.7 Å². The lowest BCUT2D eigenvalue weighted by Gasteiger charge is -2.13. The number of benzene rings is 1. The molecule has 0 amide bonds. The first-order valence-electron chi connectivity index (χ1n) is 3.95. The molecule has 8 heteroatoms. The summed E-state index contributed by atoms with van der Waals surface area (Å²) < 4.78 is 21.9. The fourth-order valence-corrected chi connectivity index (χ4v) is 1.87. The quantitative estimate of drug-likeness (QED) is 0.739. The van der Waals surface area contributed by atoms with E-state index in [2.05, 4.69) is 16.2 Å². The Bertz CT molecular complexity index is 484. The lowest BCUT2D eigenvalue weighted by atomic mass is 10.3. The van der Waals surface area contributed by atoms with Gasteiger partial charge in [0.05, 0.1) is 10.6 Å². The summed E-state index contributed by atoms with van der Waals surface area (Å²) in [5, 5.41) is 5.30. The minimum atomic E-state index is -3.66. The highest BCUT2D eigenvalue weighted by molar-refractivity contribution is 8.13. The summed E-state index contributed by atoms with van der Waals surface area (Å²) in [4.78, 5) is 0.0667. The first-order valence-corrected chi connectivity index (χ1v) is 6.26. The van der Waals surface area contributed by atoms with E-state index >= 15 is 0 Å². The predicted octanol–water partition coefficient (Wildman–Crippen LogP) is 0.387. The van der Waals surface area contributed by atoms with Gasteiger partial charge in [-0.25, -0.2) is 19.0 Å². The van der Waals surface area contributed by atoms with Crippen LogP contribution in [-0.4, -0.2) is 14.8 Å². The van der Waals surface area contributed by atoms with Gasteiger partial charge in [-0.15, -0.1) is 5.53 Å². The van der Waals surface area contributed by atoms with Gasteiger partial charge in [-0.1, -0.05) is 0 Å². The molecular formula is C7H7ClN4O2S. The van der Waals surface area contributed by atoms with E-state index in [9.17, 15) is 8.42 Å². The molecule has 0 saturated carbocycles. The van der Waals surface area contributed by atoms with Crippen molar-refractivity contribution in [3.05, 3.63) is 24.3 Å². The molecule has 2 rings (SSSR count). The summed E-state index contributed by atoms with van der Waals surface area (Å²) >= 11 is 0. The number of nitrogens with zero attached hydrogens (tertiary/aromatic N) is 2. The molecule has 2 N–H and O–H groups in total. The highest BCUT2D eigenvalue weighted by atomic mass is 35.7. The minimum absolute atomic E-state index is 0.0667. The molecule has 0 fully saturated rings. The van der Waals surface area contributed by atoms with Gasteiger partial charge in [0.15, 0.2) is 0 Å². The largest absolute Gasteiger partial charge is 0.261 e. The first-order chi connectivity index (χ1) is 7.07. The molecule has 1 aromatic rings. The SMILES string of the molecule is O=S(=O)(Cl)c1ccc(N2C=NNN2)cc1. The van der Waals surface area contributed by atoms with Crippen molar-refractivity contribution in [2.24, 2.45) is 5.10 Å². The summed E-state index contributed by atoms with van der Waals surface area (Å²) in [5.41, 5.74) is 5.97. The van der Waals surface area contributed by atoms with Crippen LogP contribution < -0.4 is 16.1 Å². The van der Waals surface area contributed by atoms with Crippen LogP contribution in [0.1, 0.15) is 0 Å². The van der Waals surface area contributed by atoms with Gasteiger partial charge in [0.2, 0.25) is 0 Å². The molecule has 0 radical (unpaired) electrons. The van der Waals surface area contributed by atoms with Crippen LogP contribution in [0, 0.1) is 0 Å². The van der Waals surface area contributed by atoms with Gasteiger partial charge in [-0.05, 0) is 24.3 Å². The maximum Gasteiger partial charge on any atom is 0.261 e. The third kappa shape index (κ3) is 2.20. The lowest BCUT2D eigenvalue weighted by molar-refractivity contribution is 0.609. The Morgan fingerprint density at radius 2 is 1.93 bits per heavy atom. The molecule has 0 aromatic heterocycles. The van der Waals surface area contributed by atoms with Gasteiger partial charge in [0, 0.05) is 10.7 Å². The van der Waals surface area contributed by atoms with Crippen molar-refractivity contribution < 1.29 is 8.42 Å². The molecule has 6 nitrogen and oxygen atoms in total. The van der Waals surface area contributed by atoms with Gasteiger partial charge in [0.25, 0.3) is 9.05 Å². The Hall–Kier alpha value is -1.31. The molecule has 0 bridgehead atoms. The predicted molar refractivity (Wildman–Crippen MR) is 56.7 cm³/mol. The van der Waals surface area contributed by atoms with Gasteiger partial charge in [-0.3, -0.25) is 0 Å². The van der Waals surface area contributed by atoms with Crippen LogP contribution in [-0.2, 0) is 9.05 Å². The topological polar surface area (TPSA) is 73.8 Å². The average Bonchev–Trinajstić information content (AvgIpc) is 2.69. The maximum atomic E-state index is 11.0. The monoisotopic (exact) mass is 246 g/mol. The highest BCUT2D eigenvalue weighted by Crippen LogP contribution is 2.19. The zero-order valence-electron chi connectivity index (χ0n) is 7.38. The molecule has 1 aliphatic heterocycles. The van der Waals surface area contributed by atoms with Crippen molar-refractivity contribution in [3.63, 3.8) is 0 Å². The van der Waals surface area contributed by atoms with E-state index in [1.54, 1.807) is 17.1 Å². The van der Waals surface area contributed by atoms with E-state index in [0.29, 0.717) is 0 Å². The van der Waals surface area contributed by atoms with Crippen LogP contribution in [0.15, 0.2) is 34.3 Å². The number of halogens is 1. The van der Waals surface area contributed by atoms with Crippen molar-refractivity contribution in [3.8, 4) is 0 Å². The first kappa shape index (κ1) is 10.2. The third-order valence-corrected chi connectivity index (χ3v) is 3.17. The van der Waals surface area contributed by atoms with Crippen molar-refractivity contribution in [1.82, 2.24) is 11.1 Å². The smallest absolute Gasteiger partial charge is 0.245 e. The van der Waals surface area contributed by atoms with E-state index in [1.807, 2.05) is 0 Å². The second-order valence-corrected chi connectivity index (χ2v) is 5.34. The minimum Gasteiger partial charge on any atom is -0.245 e. The van der Waals surface area contributed by atoms with Crippen molar-refractivity contribution in [2.75, 3.05) is 5.01 Å². The molecule has 0 unspecified atom stereocenters. The van der Waals surface area contributed by atoms with Crippen molar-refractivity contribution in [2.45, 2.75) is 4.90 Å². The summed E-state index contributed by atoms with van der Waals surface area (Å²) in [6.45, 7) is 0. The van der Waals surface area contributed by atoms with E-state index in [1.165, 1.54) is 18.5 Å². The van der Waals surface area contributed by atoms with Gasteiger partial charge >= 0.3 is 0 Å². The number of nitrogens with one attached hydrogen (secondary N) is 2. The van der Waals surface area contributed by atoms with Gasteiger partial charge in [0.1, 0.15) is 6.34 Å². The second kappa shape index (κ2) is 3.69. The normalized spacial score (nSPS) is 15.4. The molecule has 15 heavy (non-hydrogen) atoms. The number of rotatable bonds is 2. The van der Waals surface area contributed by atoms with Crippen LogP contribution in [0.4, 0.5) is 5.69 Å². The van der Waals surface area contributed by atoms with Crippen molar-refractivity contribution >= 4 is 31.8 Å². The molecular weight excluding hydrogens is 240 g/mol. The molecule has 0 aliphatic carbocycles. The molecule has 0 atom stereocenters. The van der Waals surface area contributed by atoms with Crippen LogP contribution in [0.2, 0.25) is 0 Å². The van der Waals surface area contributed by atoms with Crippen LogP contribution in [0.5, 0.6) is 0 Å². The van der Waals surface area contributed by atoms with Crippen molar-refractivity contribution in [1.29, 1.82) is 0 Å². The standard InChI is InChI=1S/C7H7ClN4O2S/c8-15(13,14)7-3-1-6(2-4-7)12-5-9-10-11-12/h1-5,10-11H. The summed E-state index contributed by atoms with van der Waals surface area (Å²) in [6.07, 6.45) is 1.52. The Balaban J connectivity index is 2.28. The van der Waals surface area contributed by atoms with E-state index in [-0.39, 0.29) is 4.90 Å². The number of hydrazine groups is 2. The molecule has 1 aromatic carbocycles. The highest BCUT2D eigenvalue weighted by Gasteiger charge is 2.11. The van der Waals surface area contributed by atoms with E-state index < -0.39 is 9.05 Å². The maximum absolute atomic E-state index is 11.0. The Labute approximate surface area is 90.9 Å². The Morgan fingerprint density at radius 1 is 1.27 bits per heavy atom. The second-order valence-electron chi connectivity index (χ2n) is 2.77. The zero-order valence-corrected chi connectivity index (χ0v) is 8.96. The average molecular weight is 247 g/mol. The zero-order chi connectivity index (χ0) is 10.9. The molecule has 1 heterocycles. The Kier molecular flexibility index (Phi) is 2.51. The molecule has 0 saturated heterocycles.